The Morgan fingerprint density at radius 2 is 1.68 bits per heavy atom. The minimum absolute atomic E-state index is 0.00726. The summed E-state index contributed by atoms with van der Waals surface area (Å²) >= 11 is 0. The maximum absolute atomic E-state index is 11.2. The highest BCUT2D eigenvalue weighted by atomic mass is 16.6. The lowest BCUT2D eigenvalue weighted by Gasteiger charge is -2.22. The summed E-state index contributed by atoms with van der Waals surface area (Å²) in [6.07, 6.45) is 0. The molecule has 0 atom stereocenters. The van der Waals surface area contributed by atoms with Gasteiger partial charge in [0, 0.05) is 30.2 Å². The van der Waals surface area contributed by atoms with Gasteiger partial charge in [-0.25, -0.2) is 0 Å². The fourth-order valence-electron chi connectivity index (χ4n) is 2.96. The molecular formula is C20H20N4O4. The molecule has 3 aromatic carbocycles. The average Bonchev–Trinajstić information content (AvgIpc) is 2.75. The molecule has 2 N–H and O–H groups in total. The molecule has 0 unspecified atom stereocenters. The van der Waals surface area contributed by atoms with Gasteiger partial charge in [-0.1, -0.05) is 18.2 Å². The molecule has 0 aliphatic heterocycles. The number of fused-ring (bicyclic) bond motifs is 1. The van der Waals surface area contributed by atoms with Crippen LogP contribution < -0.4 is 4.90 Å². The number of nitro groups is 1. The molecule has 0 fully saturated rings. The van der Waals surface area contributed by atoms with Gasteiger partial charge in [0.1, 0.15) is 0 Å². The van der Waals surface area contributed by atoms with Crippen LogP contribution in [-0.4, -0.2) is 42.9 Å². The van der Waals surface area contributed by atoms with Gasteiger partial charge in [0.05, 0.1) is 34.9 Å². The quantitative estimate of drug-likeness (QED) is 0.331. The summed E-state index contributed by atoms with van der Waals surface area (Å²) in [7, 11) is 0. The molecule has 8 nitrogen and oxygen atoms in total. The van der Waals surface area contributed by atoms with Crippen LogP contribution in [0.25, 0.3) is 10.8 Å². The second-order valence-corrected chi connectivity index (χ2v) is 6.04. The molecule has 0 aliphatic rings. The molecule has 28 heavy (non-hydrogen) atoms. The Kier molecular flexibility index (Phi) is 5.81. The Morgan fingerprint density at radius 3 is 2.36 bits per heavy atom. The van der Waals surface area contributed by atoms with E-state index in [4.69, 9.17) is 1.43 Å². The third-order valence-corrected chi connectivity index (χ3v) is 4.29. The molecule has 0 saturated heterocycles. The number of non-ortho nitro benzene ring substituents is 1. The SMILES string of the molecule is [2H]OCCN(CCO)c1ccc(/N=N/c2ccc([N+](=O)[O-])c3ccccc23)cc1. The number of aliphatic hydroxyl groups excluding tert-OH is 2. The van der Waals surface area contributed by atoms with E-state index < -0.39 is 4.92 Å². The Balaban J connectivity index is 1.83. The Morgan fingerprint density at radius 1 is 0.964 bits per heavy atom. The second-order valence-electron chi connectivity index (χ2n) is 6.04. The first-order valence-corrected chi connectivity index (χ1v) is 8.76. The van der Waals surface area contributed by atoms with Crippen molar-refractivity contribution in [3.63, 3.8) is 0 Å². The zero-order valence-electron chi connectivity index (χ0n) is 16.1. The molecule has 8 heteroatoms. The van der Waals surface area contributed by atoms with Crippen LogP contribution in [0.4, 0.5) is 22.7 Å². The maximum atomic E-state index is 11.2. The summed E-state index contributed by atoms with van der Waals surface area (Å²) in [5.74, 6) is 0. The predicted octanol–water partition coefficient (Wildman–Crippen LogP) is 3.95. The van der Waals surface area contributed by atoms with Crippen molar-refractivity contribution < 1.29 is 15.1 Å². The molecule has 0 bridgehead atoms. The van der Waals surface area contributed by atoms with E-state index in [1.807, 2.05) is 17.0 Å². The molecular weight excluding hydrogens is 360 g/mol. The number of benzene rings is 3. The molecule has 0 radical (unpaired) electrons. The number of hydrogen-bond donors (Lipinski definition) is 2. The highest BCUT2D eigenvalue weighted by Gasteiger charge is 2.13. The number of nitrogens with zero attached hydrogens (tertiary/aromatic N) is 4. The van der Waals surface area contributed by atoms with Crippen molar-refractivity contribution in [1.29, 1.82) is 1.43 Å². The van der Waals surface area contributed by atoms with Gasteiger partial charge < -0.3 is 15.1 Å². The lowest BCUT2D eigenvalue weighted by atomic mass is 10.1. The van der Waals surface area contributed by atoms with Crippen molar-refractivity contribution in [3.8, 4) is 0 Å². The molecule has 0 aromatic heterocycles. The van der Waals surface area contributed by atoms with Gasteiger partial charge in [-0.2, -0.15) is 5.11 Å². The molecule has 3 rings (SSSR count). The minimum Gasteiger partial charge on any atom is -0.395 e. The van der Waals surface area contributed by atoms with Gasteiger partial charge >= 0.3 is 0 Å². The monoisotopic (exact) mass is 381 g/mol. The Hall–Kier alpha value is -3.36. The summed E-state index contributed by atoms with van der Waals surface area (Å²) in [6, 6.07) is 17.3. The standard InChI is InChI=1S/C20H20N4O4/c25-13-11-23(12-14-26)16-7-5-15(6-8-16)21-22-19-9-10-20(24(27)28)18-4-2-1-3-17(18)19/h1-10,25-26H,11-14H2/b22-21+/i25D. The molecule has 0 heterocycles. The van der Waals surface area contributed by atoms with E-state index in [0.717, 1.165) is 5.69 Å². The number of nitro benzene ring substituents is 1. The predicted molar refractivity (Wildman–Crippen MR) is 108 cm³/mol. The summed E-state index contributed by atoms with van der Waals surface area (Å²) in [5, 5.41) is 34.5. The van der Waals surface area contributed by atoms with Crippen LogP contribution in [0.15, 0.2) is 70.9 Å². The largest absolute Gasteiger partial charge is 0.395 e. The van der Waals surface area contributed by atoms with E-state index in [0.29, 0.717) is 35.2 Å². The van der Waals surface area contributed by atoms with E-state index in [-0.39, 0.29) is 18.9 Å². The summed E-state index contributed by atoms with van der Waals surface area (Å²) in [4.78, 5) is 12.7. The third-order valence-electron chi connectivity index (χ3n) is 4.29. The molecule has 3 aromatic rings. The first-order chi connectivity index (χ1) is 14.1. The smallest absolute Gasteiger partial charge is 0.277 e. The molecule has 144 valence electrons. The minimum atomic E-state index is -0.411. The fraction of sp³-hybridized carbons (Fsp3) is 0.200. The normalized spacial score (nSPS) is 11.7. The lowest BCUT2D eigenvalue weighted by Crippen LogP contribution is -2.29. The highest BCUT2D eigenvalue weighted by molar-refractivity contribution is 5.98. The second kappa shape index (κ2) is 9.03. The van der Waals surface area contributed by atoms with Crippen LogP contribution in [-0.2, 0) is 0 Å². The van der Waals surface area contributed by atoms with Crippen molar-refractivity contribution in [2.75, 3.05) is 31.2 Å². The maximum Gasteiger partial charge on any atom is 0.277 e. The van der Waals surface area contributed by atoms with Gasteiger partial charge in [0.25, 0.3) is 5.69 Å². The zero-order valence-corrected chi connectivity index (χ0v) is 15.1. The zero-order chi connectivity index (χ0) is 20.6. The van der Waals surface area contributed by atoms with E-state index >= 15 is 0 Å². The van der Waals surface area contributed by atoms with E-state index in [2.05, 4.69) is 15.3 Å². The third kappa shape index (κ3) is 4.30. The van der Waals surface area contributed by atoms with Crippen LogP contribution >= 0.6 is 0 Å². The summed E-state index contributed by atoms with van der Waals surface area (Å²) in [5.41, 5.74) is 2.07. The van der Waals surface area contributed by atoms with Crippen molar-refractivity contribution in [3.05, 3.63) is 70.8 Å². The molecule has 0 spiro atoms. The highest BCUT2D eigenvalue weighted by Crippen LogP contribution is 2.34. The van der Waals surface area contributed by atoms with Gasteiger partial charge in [-0.3, -0.25) is 10.1 Å². The number of aliphatic hydroxyl groups is 2. The van der Waals surface area contributed by atoms with Crippen LogP contribution in [0.1, 0.15) is 0 Å². The number of hydrogen-bond acceptors (Lipinski definition) is 7. The van der Waals surface area contributed by atoms with Crippen molar-refractivity contribution in [2.24, 2.45) is 10.2 Å². The first kappa shape index (κ1) is 18.0. The topological polar surface area (TPSA) is 112 Å². The Labute approximate surface area is 163 Å². The molecule has 0 amide bonds. The van der Waals surface area contributed by atoms with E-state index in [1.54, 1.807) is 42.5 Å². The number of rotatable bonds is 9. The van der Waals surface area contributed by atoms with Crippen LogP contribution in [0.2, 0.25) is 0 Å². The number of azo groups is 1. The molecule has 0 aliphatic carbocycles. The van der Waals surface area contributed by atoms with Crippen molar-refractivity contribution >= 4 is 33.5 Å². The number of anilines is 1. The van der Waals surface area contributed by atoms with Gasteiger partial charge in [0.15, 0.2) is 0 Å². The molecule has 0 saturated carbocycles. The fourth-order valence-corrected chi connectivity index (χ4v) is 2.96. The van der Waals surface area contributed by atoms with Crippen molar-refractivity contribution in [2.45, 2.75) is 0 Å². The summed E-state index contributed by atoms with van der Waals surface area (Å²) in [6.45, 7) is 1.14. The van der Waals surface area contributed by atoms with Crippen LogP contribution in [0, 0.1) is 10.1 Å². The first-order valence-electron chi connectivity index (χ1n) is 9.16. The van der Waals surface area contributed by atoms with Crippen molar-refractivity contribution in [1.82, 2.24) is 0 Å². The lowest BCUT2D eigenvalue weighted by molar-refractivity contribution is -0.383. The van der Waals surface area contributed by atoms with Crippen LogP contribution in [0.5, 0.6) is 0 Å². The summed E-state index contributed by atoms with van der Waals surface area (Å²) < 4.78 is 6.80. The van der Waals surface area contributed by atoms with Gasteiger partial charge in [0.2, 0.25) is 1.43 Å². The average molecular weight is 381 g/mol. The Bertz CT molecular complexity index is 1010. The van der Waals surface area contributed by atoms with Gasteiger partial charge in [-0.05, 0) is 36.4 Å². The van der Waals surface area contributed by atoms with Crippen LogP contribution in [0.3, 0.4) is 0 Å². The van der Waals surface area contributed by atoms with E-state index in [9.17, 15) is 15.2 Å². The van der Waals surface area contributed by atoms with E-state index in [1.165, 1.54) is 6.07 Å². The van der Waals surface area contributed by atoms with Gasteiger partial charge in [-0.15, -0.1) is 5.11 Å².